The lowest BCUT2D eigenvalue weighted by Gasteiger charge is -2.17. The van der Waals surface area contributed by atoms with Crippen LogP contribution in [0.15, 0.2) is 59.2 Å². The Morgan fingerprint density at radius 2 is 1.90 bits per heavy atom. The molecule has 1 unspecified atom stereocenters. The molecule has 0 saturated carbocycles. The van der Waals surface area contributed by atoms with Gasteiger partial charge in [0.25, 0.3) is 0 Å². The first kappa shape index (κ1) is 18.6. The first-order valence-corrected chi connectivity index (χ1v) is 10.3. The molecule has 4 nitrogen and oxygen atoms in total. The Morgan fingerprint density at radius 1 is 1.10 bits per heavy atom. The molecule has 2 aromatic carbocycles. The molecule has 4 heteroatoms. The van der Waals surface area contributed by atoms with Gasteiger partial charge in [0.15, 0.2) is 5.58 Å². The zero-order valence-corrected chi connectivity index (χ0v) is 17.4. The van der Waals surface area contributed by atoms with Crippen molar-refractivity contribution in [3.8, 4) is 17.2 Å². The third-order valence-corrected chi connectivity index (χ3v) is 6.21. The number of benzene rings is 2. The molecule has 148 valence electrons. The Morgan fingerprint density at radius 3 is 2.60 bits per heavy atom. The zero-order chi connectivity index (χ0) is 20.8. The van der Waals surface area contributed by atoms with Crippen molar-refractivity contribution in [1.29, 1.82) is 5.26 Å². The molecular weight excluding hydrogens is 370 g/mol. The number of pyridine rings is 1. The van der Waals surface area contributed by atoms with Gasteiger partial charge in [-0.05, 0) is 73.8 Å². The van der Waals surface area contributed by atoms with Crippen molar-refractivity contribution in [1.82, 2.24) is 9.88 Å². The van der Waals surface area contributed by atoms with Gasteiger partial charge in [0, 0.05) is 23.0 Å². The lowest BCUT2D eigenvalue weighted by molar-refractivity contribution is 0.340. The number of hydrogen-bond donors (Lipinski definition) is 0. The molecule has 1 aliphatic carbocycles. The van der Waals surface area contributed by atoms with Crippen molar-refractivity contribution in [3.05, 3.63) is 71.4 Å². The molecule has 0 amide bonds. The van der Waals surface area contributed by atoms with Crippen LogP contribution in [-0.2, 0) is 0 Å². The van der Waals surface area contributed by atoms with Crippen LogP contribution in [0.2, 0.25) is 0 Å². The standard InChI is InChI=1S/C26H23N3O/c1-16-21(15-27)25-24(20-10-7-13-28-26(20)30-25)23(18-11-12-19(14-18)29(2)3)22(16)17-8-5-4-6-9-17/h4-10,13-14,19H,11-12H2,1-3H3. The Hall–Kier alpha value is -3.42. The van der Waals surface area contributed by atoms with E-state index >= 15 is 0 Å². The van der Waals surface area contributed by atoms with E-state index in [2.05, 4.69) is 60.4 Å². The highest BCUT2D eigenvalue weighted by atomic mass is 16.3. The van der Waals surface area contributed by atoms with Gasteiger partial charge in [0.05, 0.1) is 5.56 Å². The molecule has 0 radical (unpaired) electrons. The minimum Gasteiger partial charge on any atom is -0.436 e. The number of likely N-dealkylation sites (N-methyl/N-ethyl adjacent to an activating group) is 1. The molecular formula is C26H23N3O. The van der Waals surface area contributed by atoms with E-state index in [0.717, 1.165) is 40.3 Å². The Bertz CT molecular complexity index is 1340. The third kappa shape index (κ3) is 2.74. The molecule has 0 fully saturated rings. The van der Waals surface area contributed by atoms with Crippen LogP contribution in [0.1, 0.15) is 29.5 Å². The van der Waals surface area contributed by atoms with Gasteiger partial charge in [-0.15, -0.1) is 0 Å². The average molecular weight is 393 g/mol. The summed E-state index contributed by atoms with van der Waals surface area (Å²) in [5.74, 6) is 0. The molecule has 2 heterocycles. The van der Waals surface area contributed by atoms with Crippen LogP contribution >= 0.6 is 0 Å². The molecule has 0 spiro atoms. The summed E-state index contributed by atoms with van der Waals surface area (Å²) in [6, 6.07) is 17.2. The lowest BCUT2D eigenvalue weighted by atomic mass is 9.85. The van der Waals surface area contributed by atoms with E-state index in [1.54, 1.807) is 6.20 Å². The number of furan rings is 1. The highest BCUT2D eigenvalue weighted by molar-refractivity contribution is 6.14. The van der Waals surface area contributed by atoms with E-state index in [1.165, 1.54) is 11.1 Å². The van der Waals surface area contributed by atoms with Gasteiger partial charge in [-0.3, -0.25) is 0 Å². The fourth-order valence-corrected chi connectivity index (χ4v) is 4.70. The van der Waals surface area contributed by atoms with Crippen LogP contribution in [-0.4, -0.2) is 30.0 Å². The maximum Gasteiger partial charge on any atom is 0.227 e. The van der Waals surface area contributed by atoms with Gasteiger partial charge in [0.1, 0.15) is 6.07 Å². The van der Waals surface area contributed by atoms with E-state index in [4.69, 9.17) is 4.42 Å². The van der Waals surface area contributed by atoms with Crippen molar-refractivity contribution >= 4 is 27.6 Å². The molecule has 0 N–H and O–H groups in total. The van der Waals surface area contributed by atoms with E-state index in [9.17, 15) is 5.26 Å². The van der Waals surface area contributed by atoms with Gasteiger partial charge in [-0.2, -0.15) is 5.26 Å². The molecule has 2 aromatic heterocycles. The second kappa shape index (κ2) is 7.12. The minimum atomic E-state index is 0.408. The summed E-state index contributed by atoms with van der Waals surface area (Å²) in [7, 11) is 4.25. The van der Waals surface area contributed by atoms with Crippen LogP contribution in [0.25, 0.3) is 38.8 Å². The van der Waals surface area contributed by atoms with E-state index in [1.807, 2.05) is 25.1 Å². The van der Waals surface area contributed by atoms with Crippen molar-refractivity contribution in [3.63, 3.8) is 0 Å². The molecule has 0 aliphatic heterocycles. The first-order valence-electron chi connectivity index (χ1n) is 10.3. The lowest BCUT2D eigenvalue weighted by Crippen LogP contribution is -2.23. The first-order chi connectivity index (χ1) is 14.6. The molecule has 4 aromatic rings. The monoisotopic (exact) mass is 393 g/mol. The topological polar surface area (TPSA) is 53.1 Å². The summed E-state index contributed by atoms with van der Waals surface area (Å²) >= 11 is 0. The van der Waals surface area contributed by atoms with E-state index < -0.39 is 0 Å². The number of allylic oxidation sites excluding steroid dienone is 1. The van der Waals surface area contributed by atoms with Crippen LogP contribution < -0.4 is 0 Å². The largest absolute Gasteiger partial charge is 0.436 e. The maximum absolute atomic E-state index is 10.0. The molecule has 1 aliphatic rings. The summed E-state index contributed by atoms with van der Waals surface area (Å²) in [4.78, 5) is 6.69. The quantitative estimate of drug-likeness (QED) is 0.432. The SMILES string of the molecule is Cc1c(-c2ccccc2)c(C2=CC(N(C)C)CC2)c2c(oc3ncccc32)c1C#N. The van der Waals surface area contributed by atoms with Gasteiger partial charge in [-0.1, -0.05) is 36.4 Å². The smallest absolute Gasteiger partial charge is 0.227 e. The Kier molecular flexibility index (Phi) is 4.42. The van der Waals surface area contributed by atoms with Gasteiger partial charge >= 0.3 is 0 Å². The molecule has 5 rings (SSSR count). The van der Waals surface area contributed by atoms with Gasteiger partial charge in [-0.25, -0.2) is 4.98 Å². The van der Waals surface area contributed by atoms with Gasteiger partial charge < -0.3 is 9.32 Å². The fourth-order valence-electron chi connectivity index (χ4n) is 4.70. The normalized spacial score (nSPS) is 16.4. The number of nitriles is 1. The maximum atomic E-state index is 10.0. The van der Waals surface area contributed by atoms with Crippen LogP contribution in [0.4, 0.5) is 0 Å². The minimum absolute atomic E-state index is 0.408. The highest BCUT2D eigenvalue weighted by Gasteiger charge is 2.28. The van der Waals surface area contributed by atoms with E-state index in [-0.39, 0.29) is 0 Å². The summed E-state index contributed by atoms with van der Waals surface area (Å²) in [5.41, 5.74) is 7.52. The van der Waals surface area contributed by atoms with Crippen molar-refractivity contribution in [2.24, 2.45) is 0 Å². The fraction of sp³-hybridized carbons (Fsp3) is 0.231. The van der Waals surface area contributed by atoms with E-state index in [0.29, 0.717) is 22.9 Å². The van der Waals surface area contributed by atoms with Crippen LogP contribution in [0.5, 0.6) is 0 Å². The molecule has 30 heavy (non-hydrogen) atoms. The number of fused-ring (bicyclic) bond motifs is 3. The number of aromatic nitrogens is 1. The number of nitrogens with zero attached hydrogens (tertiary/aromatic N) is 3. The number of rotatable bonds is 3. The zero-order valence-electron chi connectivity index (χ0n) is 17.4. The Labute approximate surface area is 176 Å². The highest BCUT2D eigenvalue weighted by Crippen LogP contribution is 2.46. The summed E-state index contributed by atoms with van der Waals surface area (Å²) in [6.45, 7) is 2.03. The molecule has 1 atom stereocenters. The summed E-state index contributed by atoms with van der Waals surface area (Å²) in [5, 5.41) is 12.0. The molecule has 0 saturated heterocycles. The second-order valence-corrected chi connectivity index (χ2v) is 8.15. The van der Waals surface area contributed by atoms with Gasteiger partial charge in [0.2, 0.25) is 5.71 Å². The predicted molar refractivity (Wildman–Crippen MR) is 121 cm³/mol. The van der Waals surface area contributed by atoms with Crippen LogP contribution in [0, 0.1) is 18.3 Å². The van der Waals surface area contributed by atoms with Crippen LogP contribution in [0.3, 0.4) is 0 Å². The molecule has 0 bridgehead atoms. The van der Waals surface area contributed by atoms with Crippen molar-refractivity contribution in [2.45, 2.75) is 25.8 Å². The third-order valence-electron chi connectivity index (χ3n) is 6.21. The van der Waals surface area contributed by atoms with Crippen molar-refractivity contribution in [2.75, 3.05) is 14.1 Å². The van der Waals surface area contributed by atoms with Crippen molar-refractivity contribution < 1.29 is 4.42 Å². The average Bonchev–Trinajstić information content (AvgIpc) is 3.39. The Balaban J connectivity index is 1.97. The summed E-state index contributed by atoms with van der Waals surface area (Å²) in [6.07, 6.45) is 6.20. The second-order valence-electron chi connectivity index (χ2n) is 8.15. The number of hydrogen-bond acceptors (Lipinski definition) is 4. The predicted octanol–water partition coefficient (Wildman–Crippen LogP) is 5.94. The summed E-state index contributed by atoms with van der Waals surface area (Å²) < 4.78 is 6.15.